The van der Waals surface area contributed by atoms with E-state index in [1.807, 2.05) is 0 Å². The fourth-order valence-electron chi connectivity index (χ4n) is 2.46. The molecule has 7 nitrogen and oxygen atoms in total. The summed E-state index contributed by atoms with van der Waals surface area (Å²) in [5, 5.41) is 21.9. The van der Waals surface area contributed by atoms with Gasteiger partial charge in [-0.25, -0.2) is 14.4 Å². The van der Waals surface area contributed by atoms with Gasteiger partial charge in [0.1, 0.15) is 12.1 Å². The Morgan fingerprint density at radius 1 is 1.14 bits per heavy atom. The summed E-state index contributed by atoms with van der Waals surface area (Å²) in [6.07, 6.45) is 3.39. The molecule has 0 aliphatic carbocycles. The van der Waals surface area contributed by atoms with Gasteiger partial charge in [0.05, 0.1) is 5.56 Å². The number of hydrogen-bond acceptors (Lipinski definition) is 7. The van der Waals surface area contributed by atoms with E-state index in [1.165, 1.54) is 60.6 Å². The molecule has 0 radical (unpaired) electrons. The van der Waals surface area contributed by atoms with Gasteiger partial charge in [0.25, 0.3) is 5.91 Å². The highest BCUT2D eigenvalue weighted by atomic mass is 32.2. The molecule has 0 atom stereocenters. The number of rotatable bonds is 7. The lowest BCUT2D eigenvalue weighted by molar-refractivity contribution is 0.102. The maximum Gasteiger partial charge on any atom is 0.488 e. The van der Waals surface area contributed by atoms with Crippen molar-refractivity contribution in [2.24, 2.45) is 0 Å². The number of carbonyl (C=O) groups excluding carboxylic acids is 2. The molecule has 1 amide bonds. The van der Waals surface area contributed by atoms with Gasteiger partial charge in [-0.3, -0.25) is 9.59 Å². The topological polar surface area (TPSA) is 112 Å². The van der Waals surface area contributed by atoms with Crippen LogP contribution in [0.1, 0.15) is 26.3 Å². The zero-order chi connectivity index (χ0) is 20.8. The van der Waals surface area contributed by atoms with Crippen LogP contribution in [0.15, 0.2) is 60.0 Å². The van der Waals surface area contributed by atoms with Crippen LogP contribution in [-0.2, 0) is 5.75 Å². The summed E-state index contributed by atoms with van der Waals surface area (Å²) in [5.74, 6) is -0.531. The van der Waals surface area contributed by atoms with Gasteiger partial charge in [0.2, 0.25) is 0 Å². The first-order valence-electron chi connectivity index (χ1n) is 8.42. The minimum absolute atomic E-state index is 0.230. The van der Waals surface area contributed by atoms with E-state index in [9.17, 15) is 24.0 Å². The summed E-state index contributed by atoms with van der Waals surface area (Å²) >= 11 is 1.22. The standard InChI is InChI=1S/C19H15BFN3O4S/c21-15-2-4-16(5-3-15)24-18(26)14-8-22-19(23-9-14)29-11-13-7-12(10-25)1-6-17(13)20(27)28/h1-10,27-28H,11H2,(H,24,26). The Labute approximate surface area is 170 Å². The second-order valence-electron chi connectivity index (χ2n) is 5.95. The number of benzene rings is 2. The van der Waals surface area contributed by atoms with Gasteiger partial charge < -0.3 is 15.4 Å². The number of nitrogens with zero attached hydrogens (tertiary/aromatic N) is 2. The number of aromatic nitrogens is 2. The van der Waals surface area contributed by atoms with Crippen LogP contribution in [0.5, 0.6) is 0 Å². The average Bonchev–Trinajstić information content (AvgIpc) is 2.73. The van der Waals surface area contributed by atoms with E-state index >= 15 is 0 Å². The maximum absolute atomic E-state index is 12.9. The highest BCUT2D eigenvalue weighted by molar-refractivity contribution is 7.98. The highest BCUT2D eigenvalue weighted by Crippen LogP contribution is 2.19. The minimum atomic E-state index is -1.66. The van der Waals surface area contributed by atoms with Crippen LogP contribution in [0, 0.1) is 5.82 Å². The van der Waals surface area contributed by atoms with Crippen molar-refractivity contribution < 1.29 is 24.0 Å². The van der Waals surface area contributed by atoms with Crippen LogP contribution in [0.4, 0.5) is 10.1 Å². The molecule has 0 aliphatic rings. The molecule has 3 rings (SSSR count). The van der Waals surface area contributed by atoms with Gasteiger partial charge in [-0.1, -0.05) is 23.9 Å². The Hall–Kier alpha value is -3.08. The Bertz CT molecular complexity index is 1020. The predicted molar refractivity (Wildman–Crippen MR) is 108 cm³/mol. The fraction of sp³-hybridized carbons (Fsp3) is 0.0526. The fourth-order valence-corrected chi connectivity index (χ4v) is 3.25. The van der Waals surface area contributed by atoms with Crippen LogP contribution in [-0.4, -0.2) is 39.3 Å². The van der Waals surface area contributed by atoms with Crippen molar-refractivity contribution >= 4 is 42.2 Å². The summed E-state index contributed by atoms with van der Waals surface area (Å²) < 4.78 is 12.9. The second kappa shape index (κ2) is 9.42. The number of halogens is 1. The number of aldehydes is 1. The molecule has 1 heterocycles. The first kappa shape index (κ1) is 20.7. The number of hydrogen-bond donors (Lipinski definition) is 3. The van der Waals surface area contributed by atoms with Crippen molar-refractivity contribution in [3.63, 3.8) is 0 Å². The van der Waals surface area contributed by atoms with Gasteiger partial charge in [-0.05, 0) is 41.4 Å². The molecule has 0 aliphatic heterocycles. The smallest absolute Gasteiger partial charge is 0.423 e. The molecule has 2 aromatic carbocycles. The molecule has 0 saturated heterocycles. The molecule has 0 bridgehead atoms. The molecular weight excluding hydrogens is 396 g/mol. The SMILES string of the molecule is O=Cc1ccc(B(O)O)c(CSc2ncc(C(=O)Nc3ccc(F)cc3)cn2)c1. The summed E-state index contributed by atoms with van der Waals surface area (Å²) in [5.41, 5.74) is 1.95. The number of amides is 1. The zero-order valence-electron chi connectivity index (χ0n) is 14.9. The first-order valence-corrected chi connectivity index (χ1v) is 9.40. The molecule has 146 valence electrons. The summed E-state index contributed by atoms with van der Waals surface area (Å²) in [7, 11) is -1.66. The number of thioether (sulfide) groups is 1. The number of nitrogens with one attached hydrogen (secondary N) is 1. The lowest BCUT2D eigenvalue weighted by Crippen LogP contribution is -2.33. The molecule has 3 N–H and O–H groups in total. The third-order valence-corrected chi connectivity index (χ3v) is 4.85. The molecule has 0 saturated carbocycles. The van der Waals surface area contributed by atoms with Crippen molar-refractivity contribution in [3.8, 4) is 0 Å². The van der Waals surface area contributed by atoms with Crippen LogP contribution in [0.3, 0.4) is 0 Å². The van der Waals surface area contributed by atoms with Crippen LogP contribution < -0.4 is 10.8 Å². The summed E-state index contributed by atoms with van der Waals surface area (Å²) in [6, 6.07) is 9.91. The lowest BCUT2D eigenvalue weighted by atomic mass is 9.77. The molecule has 3 aromatic rings. The van der Waals surface area contributed by atoms with E-state index in [-0.39, 0.29) is 5.56 Å². The third-order valence-electron chi connectivity index (χ3n) is 3.93. The van der Waals surface area contributed by atoms with Gasteiger partial charge in [-0.2, -0.15) is 0 Å². The molecule has 29 heavy (non-hydrogen) atoms. The van der Waals surface area contributed by atoms with E-state index in [2.05, 4.69) is 15.3 Å². The number of anilines is 1. The van der Waals surface area contributed by atoms with Crippen LogP contribution in [0.2, 0.25) is 0 Å². The Kier molecular flexibility index (Phi) is 6.71. The van der Waals surface area contributed by atoms with E-state index in [4.69, 9.17) is 0 Å². The van der Waals surface area contributed by atoms with Gasteiger partial charge in [0.15, 0.2) is 5.16 Å². The van der Waals surface area contributed by atoms with Crippen molar-refractivity contribution in [1.82, 2.24) is 9.97 Å². The zero-order valence-corrected chi connectivity index (χ0v) is 15.8. The quantitative estimate of drug-likeness (QED) is 0.235. The molecule has 0 unspecified atom stereocenters. The second-order valence-corrected chi connectivity index (χ2v) is 6.90. The Morgan fingerprint density at radius 2 is 1.83 bits per heavy atom. The van der Waals surface area contributed by atoms with Crippen molar-refractivity contribution in [3.05, 3.63) is 77.4 Å². The molecule has 1 aromatic heterocycles. The largest absolute Gasteiger partial charge is 0.488 e. The van der Waals surface area contributed by atoms with Gasteiger partial charge in [-0.15, -0.1) is 0 Å². The predicted octanol–water partition coefficient (Wildman–Crippen LogP) is 1.65. The molecule has 0 fully saturated rings. The number of carbonyl (C=O) groups is 2. The lowest BCUT2D eigenvalue weighted by Gasteiger charge is -2.09. The summed E-state index contributed by atoms with van der Waals surface area (Å²) in [4.78, 5) is 31.4. The maximum atomic E-state index is 12.9. The average molecular weight is 411 g/mol. The summed E-state index contributed by atoms with van der Waals surface area (Å²) in [6.45, 7) is 0. The van der Waals surface area contributed by atoms with E-state index in [1.54, 1.807) is 6.07 Å². The normalized spacial score (nSPS) is 10.4. The van der Waals surface area contributed by atoms with E-state index in [0.29, 0.717) is 39.5 Å². The van der Waals surface area contributed by atoms with Crippen LogP contribution in [0.25, 0.3) is 0 Å². The first-order chi connectivity index (χ1) is 14.0. The van der Waals surface area contributed by atoms with Crippen molar-refractivity contribution in [1.29, 1.82) is 0 Å². The third kappa shape index (κ3) is 5.47. The van der Waals surface area contributed by atoms with Gasteiger partial charge in [0, 0.05) is 29.4 Å². The van der Waals surface area contributed by atoms with Crippen molar-refractivity contribution in [2.75, 3.05) is 5.32 Å². The highest BCUT2D eigenvalue weighted by Gasteiger charge is 2.17. The van der Waals surface area contributed by atoms with Crippen LogP contribution >= 0.6 is 11.8 Å². The van der Waals surface area contributed by atoms with E-state index in [0.717, 1.165) is 0 Å². The monoisotopic (exact) mass is 411 g/mol. The molecular formula is C19H15BFN3O4S. The van der Waals surface area contributed by atoms with Crippen molar-refractivity contribution in [2.45, 2.75) is 10.9 Å². The molecule has 10 heteroatoms. The van der Waals surface area contributed by atoms with Gasteiger partial charge >= 0.3 is 7.12 Å². The Balaban J connectivity index is 1.66. The molecule has 0 spiro atoms. The minimum Gasteiger partial charge on any atom is -0.423 e. The Morgan fingerprint density at radius 3 is 2.45 bits per heavy atom. The van der Waals surface area contributed by atoms with E-state index < -0.39 is 18.8 Å².